The van der Waals surface area contributed by atoms with Crippen LogP contribution in [-0.2, 0) is 4.74 Å². The van der Waals surface area contributed by atoms with E-state index in [0.29, 0.717) is 5.75 Å². The fraction of sp³-hybridized carbons (Fsp3) is 0.467. The Labute approximate surface area is 152 Å². The minimum Gasteiger partial charge on any atom is -0.478 e. The average molecular weight is 423 g/mol. The van der Waals surface area contributed by atoms with Gasteiger partial charge in [-0.2, -0.15) is 0 Å². The molecule has 4 N–H and O–H groups in total. The predicted octanol–water partition coefficient (Wildman–Crippen LogP) is 3.87. The lowest BCUT2D eigenvalue weighted by Gasteiger charge is -2.22. The van der Waals surface area contributed by atoms with Crippen LogP contribution in [0.4, 0.5) is 14.9 Å². The van der Waals surface area contributed by atoms with Crippen LogP contribution in [-0.4, -0.2) is 34.6 Å². The summed E-state index contributed by atoms with van der Waals surface area (Å²) in [5, 5.41) is 11.7. The van der Waals surface area contributed by atoms with Crippen molar-refractivity contribution in [2.24, 2.45) is 0 Å². The van der Waals surface area contributed by atoms with Crippen LogP contribution in [0.3, 0.4) is 0 Å². The molecule has 0 spiro atoms. The molecule has 1 rings (SSSR count). The van der Waals surface area contributed by atoms with E-state index in [-0.39, 0.29) is 26.7 Å². The van der Waals surface area contributed by atoms with Gasteiger partial charge in [0.25, 0.3) is 0 Å². The highest BCUT2D eigenvalue weighted by atomic mass is 79.9. The molecule has 0 saturated heterocycles. The molecule has 0 aliphatic heterocycles. The number of carbonyl (C=O) groups is 2. The molecule has 1 amide bonds. The number of nitrogen functional groups attached to an aromatic ring is 1. The molecule has 134 valence electrons. The van der Waals surface area contributed by atoms with E-state index in [9.17, 15) is 14.0 Å². The number of anilines is 1. The van der Waals surface area contributed by atoms with Gasteiger partial charge in [0.1, 0.15) is 11.4 Å². The number of ether oxygens (including phenoxy) is 1. The van der Waals surface area contributed by atoms with Gasteiger partial charge < -0.3 is 20.9 Å². The highest BCUT2D eigenvalue weighted by molar-refractivity contribution is 9.10. The van der Waals surface area contributed by atoms with Gasteiger partial charge in [0, 0.05) is 16.7 Å². The standard InChI is InChI=1S/C15H20BrFN2O4S/c1-7(19-14(22)23-15(2,3)4)6-24-12-10(16)9(17)5-8(11(12)18)13(20)21/h5,7H,6,18H2,1-4H3,(H,19,22)(H,20,21)/t7-/m0/s1. The van der Waals surface area contributed by atoms with E-state index in [1.54, 1.807) is 27.7 Å². The van der Waals surface area contributed by atoms with E-state index in [0.717, 1.165) is 17.8 Å². The molecule has 1 atom stereocenters. The Morgan fingerprint density at radius 3 is 2.58 bits per heavy atom. The Hall–Kier alpha value is -1.48. The molecule has 1 aromatic rings. The number of hydrogen-bond acceptors (Lipinski definition) is 5. The zero-order valence-electron chi connectivity index (χ0n) is 13.8. The number of thioether (sulfide) groups is 1. The average Bonchev–Trinajstić information content (AvgIpc) is 2.40. The first kappa shape index (κ1) is 20.6. The number of alkyl carbamates (subject to hydrolysis) is 1. The number of amides is 1. The van der Waals surface area contributed by atoms with Crippen LogP contribution >= 0.6 is 27.7 Å². The van der Waals surface area contributed by atoms with Crippen molar-refractivity contribution in [3.8, 4) is 0 Å². The molecule has 0 fully saturated rings. The summed E-state index contributed by atoms with van der Waals surface area (Å²) in [6.07, 6.45) is -0.562. The fourth-order valence-corrected chi connectivity index (χ4v) is 3.35. The predicted molar refractivity (Wildman–Crippen MR) is 95.0 cm³/mol. The monoisotopic (exact) mass is 422 g/mol. The van der Waals surface area contributed by atoms with Gasteiger partial charge in [-0.3, -0.25) is 0 Å². The molecule has 1 aromatic carbocycles. The Morgan fingerprint density at radius 1 is 1.50 bits per heavy atom. The largest absolute Gasteiger partial charge is 0.478 e. The van der Waals surface area contributed by atoms with Gasteiger partial charge in [-0.25, -0.2) is 14.0 Å². The number of halogens is 2. The molecule has 0 aliphatic carbocycles. The zero-order chi connectivity index (χ0) is 18.7. The summed E-state index contributed by atoms with van der Waals surface area (Å²) in [5.74, 6) is -1.66. The smallest absolute Gasteiger partial charge is 0.407 e. The molecule has 0 bridgehead atoms. The molecule has 9 heteroatoms. The molecule has 0 radical (unpaired) electrons. The Balaban J connectivity index is 2.80. The highest BCUT2D eigenvalue weighted by Gasteiger charge is 2.21. The number of rotatable bonds is 5. The maximum absolute atomic E-state index is 13.8. The van der Waals surface area contributed by atoms with E-state index in [4.69, 9.17) is 15.6 Å². The van der Waals surface area contributed by atoms with Crippen molar-refractivity contribution in [1.29, 1.82) is 0 Å². The summed E-state index contributed by atoms with van der Waals surface area (Å²) in [6.45, 7) is 7.01. The summed E-state index contributed by atoms with van der Waals surface area (Å²) in [5.41, 5.74) is 4.88. The van der Waals surface area contributed by atoms with Crippen molar-refractivity contribution < 1.29 is 23.8 Å². The lowest BCUT2D eigenvalue weighted by atomic mass is 10.2. The second-order valence-electron chi connectivity index (χ2n) is 6.13. The molecule has 0 saturated carbocycles. The zero-order valence-corrected chi connectivity index (χ0v) is 16.2. The minimum atomic E-state index is -1.30. The first-order valence-electron chi connectivity index (χ1n) is 7.05. The van der Waals surface area contributed by atoms with Crippen molar-refractivity contribution in [2.75, 3.05) is 11.5 Å². The van der Waals surface area contributed by atoms with Crippen LogP contribution in [0.5, 0.6) is 0 Å². The summed E-state index contributed by atoms with van der Waals surface area (Å²) in [6, 6.07) is 0.571. The van der Waals surface area contributed by atoms with Crippen LogP contribution in [0.2, 0.25) is 0 Å². The molecule has 0 heterocycles. The van der Waals surface area contributed by atoms with Crippen molar-refractivity contribution in [3.63, 3.8) is 0 Å². The van der Waals surface area contributed by atoms with E-state index in [1.807, 2.05) is 0 Å². The van der Waals surface area contributed by atoms with E-state index < -0.39 is 23.5 Å². The third-order valence-corrected chi connectivity index (χ3v) is 5.10. The fourth-order valence-electron chi connectivity index (χ4n) is 1.69. The number of aromatic carboxylic acids is 1. The first-order chi connectivity index (χ1) is 10.9. The number of benzene rings is 1. The van der Waals surface area contributed by atoms with Gasteiger partial charge in [0.05, 0.1) is 15.7 Å². The molecule has 0 unspecified atom stereocenters. The van der Waals surface area contributed by atoms with Gasteiger partial charge in [-0.05, 0) is 49.7 Å². The van der Waals surface area contributed by atoms with E-state index in [2.05, 4.69) is 21.2 Å². The van der Waals surface area contributed by atoms with E-state index in [1.165, 1.54) is 0 Å². The third-order valence-electron chi connectivity index (χ3n) is 2.69. The van der Waals surface area contributed by atoms with Crippen LogP contribution in [0.15, 0.2) is 15.4 Å². The molecule has 6 nitrogen and oxygen atoms in total. The molecule has 0 aromatic heterocycles. The second kappa shape index (κ2) is 8.06. The summed E-state index contributed by atoms with van der Waals surface area (Å²) >= 11 is 4.22. The first-order valence-corrected chi connectivity index (χ1v) is 8.83. The van der Waals surface area contributed by atoms with Gasteiger partial charge >= 0.3 is 12.1 Å². The highest BCUT2D eigenvalue weighted by Crippen LogP contribution is 2.37. The number of carbonyl (C=O) groups excluding carboxylic acids is 1. The van der Waals surface area contributed by atoms with Crippen LogP contribution in [0.1, 0.15) is 38.1 Å². The molecule has 24 heavy (non-hydrogen) atoms. The molecular weight excluding hydrogens is 403 g/mol. The Morgan fingerprint density at radius 2 is 2.08 bits per heavy atom. The quantitative estimate of drug-likeness (QED) is 0.491. The number of nitrogens with one attached hydrogen (secondary N) is 1. The number of carboxylic acid groups (broad SMARTS) is 1. The van der Waals surface area contributed by atoms with Gasteiger partial charge in [0.2, 0.25) is 0 Å². The normalized spacial score (nSPS) is 12.6. The van der Waals surface area contributed by atoms with Gasteiger partial charge in [-0.1, -0.05) is 0 Å². The number of hydrogen-bond donors (Lipinski definition) is 3. The topological polar surface area (TPSA) is 102 Å². The molecular formula is C15H20BrFN2O4S. The van der Waals surface area contributed by atoms with Gasteiger partial charge in [0.15, 0.2) is 0 Å². The van der Waals surface area contributed by atoms with Crippen molar-refractivity contribution >= 4 is 45.4 Å². The lowest BCUT2D eigenvalue weighted by Crippen LogP contribution is -2.38. The number of carboxylic acids is 1. The van der Waals surface area contributed by atoms with Crippen molar-refractivity contribution in [1.82, 2.24) is 5.32 Å². The molecule has 0 aliphatic rings. The Kier molecular flexibility index (Phi) is 6.91. The second-order valence-corrected chi connectivity index (χ2v) is 7.95. The van der Waals surface area contributed by atoms with Crippen LogP contribution < -0.4 is 11.1 Å². The lowest BCUT2D eigenvalue weighted by molar-refractivity contribution is 0.0513. The van der Waals surface area contributed by atoms with E-state index >= 15 is 0 Å². The van der Waals surface area contributed by atoms with Crippen LogP contribution in [0, 0.1) is 5.82 Å². The summed E-state index contributed by atoms with van der Waals surface area (Å²) in [7, 11) is 0. The van der Waals surface area contributed by atoms with Crippen molar-refractivity contribution in [3.05, 3.63) is 21.9 Å². The van der Waals surface area contributed by atoms with Crippen LogP contribution in [0.25, 0.3) is 0 Å². The minimum absolute atomic E-state index is 0.0229. The summed E-state index contributed by atoms with van der Waals surface area (Å²) < 4.78 is 19.1. The SMILES string of the molecule is C[C@@H](CSc1c(N)c(C(=O)O)cc(F)c1Br)NC(=O)OC(C)(C)C. The third kappa shape index (κ3) is 5.86. The Bertz CT molecular complexity index is 649. The van der Waals surface area contributed by atoms with Crippen molar-refractivity contribution in [2.45, 2.75) is 44.2 Å². The summed E-state index contributed by atoms with van der Waals surface area (Å²) in [4.78, 5) is 23.1. The maximum Gasteiger partial charge on any atom is 0.407 e. The van der Waals surface area contributed by atoms with Gasteiger partial charge in [-0.15, -0.1) is 11.8 Å². The number of nitrogens with two attached hydrogens (primary N) is 1. The maximum atomic E-state index is 13.8.